The van der Waals surface area contributed by atoms with Crippen LogP contribution < -0.4 is 15.4 Å². The maximum Gasteiger partial charge on any atom is 0.286 e. The summed E-state index contributed by atoms with van der Waals surface area (Å²) in [6.45, 7) is 2.38. The molecule has 0 unspecified atom stereocenters. The van der Waals surface area contributed by atoms with Crippen molar-refractivity contribution >= 4 is 28.8 Å². The SMILES string of the molecule is Cc1ccccc1OCc1nnc(C(=O)Nc2ccc(C(=O)NCc3cccc(F)c3)cc2)s1. The first-order valence-corrected chi connectivity index (χ1v) is 11.2. The summed E-state index contributed by atoms with van der Waals surface area (Å²) in [5, 5.41) is 14.2. The van der Waals surface area contributed by atoms with Gasteiger partial charge in [0.2, 0.25) is 5.01 Å². The molecule has 4 rings (SSSR count). The van der Waals surface area contributed by atoms with Crippen molar-refractivity contribution in [2.75, 3.05) is 5.32 Å². The zero-order chi connectivity index (χ0) is 23.9. The van der Waals surface area contributed by atoms with Crippen LogP contribution in [-0.2, 0) is 13.2 Å². The maximum atomic E-state index is 13.2. The van der Waals surface area contributed by atoms with Crippen LogP contribution >= 0.6 is 11.3 Å². The van der Waals surface area contributed by atoms with Crippen molar-refractivity contribution in [3.8, 4) is 5.75 Å². The number of hydrogen-bond acceptors (Lipinski definition) is 6. The highest BCUT2D eigenvalue weighted by molar-refractivity contribution is 7.13. The largest absolute Gasteiger partial charge is 0.486 e. The van der Waals surface area contributed by atoms with E-state index >= 15 is 0 Å². The Hall–Kier alpha value is -4.11. The average Bonchev–Trinajstić information content (AvgIpc) is 3.32. The molecule has 0 fully saturated rings. The summed E-state index contributed by atoms with van der Waals surface area (Å²) < 4.78 is 19.0. The van der Waals surface area contributed by atoms with Gasteiger partial charge in [0.25, 0.3) is 11.8 Å². The molecule has 34 heavy (non-hydrogen) atoms. The number of ether oxygens (including phenoxy) is 1. The second-order valence-electron chi connectivity index (χ2n) is 7.40. The fourth-order valence-electron chi connectivity index (χ4n) is 3.08. The van der Waals surface area contributed by atoms with Crippen LogP contribution in [0.3, 0.4) is 0 Å². The monoisotopic (exact) mass is 476 g/mol. The lowest BCUT2D eigenvalue weighted by atomic mass is 10.1. The molecule has 4 aromatic rings. The van der Waals surface area contributed by atoms with Crippen molar-refractivity contribution in [3.63, 3.8) is 0 Å². The lowest BCUT2D eigenvalue weighted by Gasteiger charge is -2.07. The molecule has 172 valence electrons. The van der Waals surface area contributed by atoms with E-state index in [1.165, 1.54) is 12.1 Å². The maximum absolute atomic E-state index is 13.2. The molecule has 0 saturated carbocycles. The Morgan fingerprint density at radius 3 is 2.53 bits per heavy atom. The number of amides is 2. The zero-order valence-electron chi connectivity index (χ0n) is 18.2. The number of nitrogens with zero attached hydrogens (tertiary/aromatic N) is 2. The summed E-state index contributed by atoms with van der Waals surface area (Å²) in [5.74, 6) is -0.301. The van der Waals surface area contributed by atoms with Crippen LogP contribution in [0.4, 0.5) is 10.1 Å². The summed E-state index contributed by atoms with van der Waals surface area (Å²) in [4.78, 5) is 24.8. The molecular formula is C25H21FN4O3S. The Labute approximate surface area is 199 Å². The normalized spacial score (nSPS) is 10.5. The lowest BCUT2D eigenvalue weighted by Crippen LogP contribution is -2.22. The van der Waals surface area contributed by atoms with Gasteiger partial charge in [-0.3, -0.25) is 9.59 Å². The highest BCUT2D eigenvalue weighted by Crippen LogP contribution is 2.20. The van der Waals surface area contributed by atoms with Crippen LogP contribution in [0.5, 0.6) is 5.75 Å². The third kappa shape index (κ3) is 6.02. The minimum atomic E-state index is -0.400. The predicted octanol–water partition coefficient (Wildman–Crippen LogP) is 4.75. The first-order chi connectivity index (χ1) is 16.5. The summed E-state index contributed by atoms with van der Waals surface area (Å²) >= 11 is 1.15. The molecule has 3 aromatic carbocycles. The van der Waals surface area contributed by atoms with E-state index in [1.54, 1.807) is 36.4 Å². The number of hydrogen-bond donors (Lipinski definition) is 2. The Morgan fingerprint density at radius 1 is 0.971 bits per heavy atom. The van der Waals surface area contributed by atoms with Crippen molar-refractivity contribution < 1.29 is 18.7 Å². The minimum Gasteiger partial charge on any atom is -0.486 e. The van der Waals surface area contributed by atoms with Gasteiger partial charge in [-0.2, -0.15) is 0 Å². The van der Waals surface area contributed by atoms with E-state index < -0.39 is 5.91 Å². The van der Waals surface area contributed by atoms with E-state index in [9.17, 15) is 14.0 Å². The van der Waals surface area contributed by atoms with E-state index in [4.69, 9.17) is 4.74 Å². The van der Waals surface area contributed by atoms with Gasteiger partial charge >= 0.3 is 0 Å². The third-order valence-electron chi connectivity index (χ3n) is 4.85. The van der Waals surface area contributed by atoms with Gasteiger partial charge in [0.05, 0.1) is 0 Å². The van der Waals surface area contributed by atoms with Gasteiger partial charge in [0.1, 0.15) is 18.2 Å². The number of rotatable bonds is 8. The fourth-order valence-corrected chi connectivity index (χ4v) is 3.73. The van der Waals surface area contributed by atoms with Crippen LogP contribution in [-0.4, -0.2) is 22.0 Å². The highest BCUT2D eigenvalue weighted by atomic mass is 32.1. The minimum absolute atomic E-state index is 0.209. The van der Waals surface area contributed by atoms with Crippen molar-refractivity contribution in [3.05, 3.63) is 105 Å². The summed E-state index contributed by atoms with van der Waals surface area (Å²) in [5.41, 5.74) is 2.61. The number of aromatic nitrogens is 2. The van der Waals surface area contributed by atoms with Crippen molar-refractivity contribution in [2.45, 2.75) is 20.1 Å². The molecule has 0 aliphatic rings. The van der Waals surface area contributed by atoms with Gasteiger partial charge in [-0.15, -0.1) is 10.2 Å². The molecule has 0 bridgehead atoms. The molecule has 7 nitrogen and oxygen atoms in total. The first-order valence-electron chi connectivity index (χ1n) is 10.4. The summed E-state index contributed by atoms with van der Waals surface area (Å²) in [6, 6.07) is 20.1. The van der Waals surface area contributed by atoms with Crippen molar-refractivity contribution in [2.24, 2.45) is 0 Å². The summed E-state index contributed by atoms with van der Waals surface area (Å²) in [7, 11) is 0. The average molecular weight is 477 g/mol. The molecule has 0 atom stereocenters. The van der Waals surface area contributed by atoms with E-state index in [1.807, 2.05) is 31.2 Å². The molecule has 1 aromatic heterocycles. The molecule has 0 radical (unpaired) electrons. The number of halogens is 1. The molecule has 2 N–H and O–H groups in total. The number of para-hydroxylation sites is 1. The molecule has 0 aliphatic heterocycles. The summed E-state index contributed by atoms with van der Waals surface area (Å²) in [6.07, 6.45) is 0. The quantitative estimate of drug-likeness (QED) is 0.383. The van der Waals surface area contributed by atoms with Crippen LogP contribution in [0.1, 0.15) is 36.3 Å². The molecule has 0 saturated heterocycles. The van der Waals surface area contributed by atoms with Gasteiger partial charge in [0, 0.05) is 17.8 Å². The van der Waals surface area contributed by atoms with Crippen LogP contribution in [0.25, 0.3) is 0 Å². The zero-order valence-corrected chi connectivity index (χ0v) is 19.1. The number of benzene rings is 3. The smallest absolute Gasteiger partial charge is 0.286 e. The van der Waals surface area contributed by atoms with E-state index in [2.05, 4.69) is 20.8 Å². The Balaban J connectivity index is 1.29. The third-order valence-corrected chi connectivity index (χ3v) is 5.75. The van der Waals surface area contributed by atoms with Crippen LogP contribution in [0, 0.1) is 12.7 Å². The molecule has 1 heterocycles. The van der Waals surface area contributed by atoms with Crippen molar-refractivity contribution in [1.82, 2.24) is 15.5 Å². The highest BCUT2D eigenvalue weighted by Gasteiger charge is 2.14. The number of nitrogens with one attached hydrogen (secondary N) is 2. The van der Waals surface area contributed by atoms with Crippen molar-refractivity contribution in [1.29, 1.82) is 0 Å². The second kappa shape index (κ2) is 10.7. The van der Waals surface area contributed by atoms with E-state index in [0.29, 0.717) is 21.8 Å². The second-order valence-corrected chi connectivity index (χ2v) is 8.46. The number of aryl methyl sites for hydroxylation is 1. The molecule has 0 aliphatic carbocycles. The van der Waals surface area contributed by atoms with E-state index in [-0.39, 0.29) is 29.9 Å². The number of anilines is 1. The lowest BCUT2D eigenvalue weighted by molar-refractivity contribution is 0.0950. The standard InChI is InChI=1S/C25H21FN4O3S/c1-16-5-2-3-8-21(16)33-15-22-29-30-25(34-22)24(32)28-20-11-9-18(10-12-20)23(31)27-14-17-6-4-7-19(26)13-17/h2-13H,14-15H2,1H3,(H,27,31)(H,28,32). The Bertz CT molecular complexity index is 1310. The number of carbonyl (C=O) groups excluding carboxylic acids is 2. The van der Waals surface area contributed by atoms with Gasteiger partial charge in [0.15, 0.2) is 5.01 Å². The first kappa shape index (κ1) is 23.1. The molecular weight excluding hydrogens is 455 g/mol. The van der Waals surface area contributed by atoms with Gasteiger partial charge in [-0.05, 0) is 60.5 Å². The predicted molar refractivity (Wildman–Crippen MR) is 127 cm³/mol. The fraction of sp³-hybridized carbons (Fsp3) is 0.120. The Kier molecular flexibility index (Phi) is 7.24. The van der Waals surface area contributed by atoms with Gasteiger partial charge in [-0.1, -0.05) is 41.7 Å². The van der Waals surface area contributed by atoms with Gasteiger partial charge in [-0.25, -0.2) is 4.39 Å². The molecule has 9 heteroatoms. The van der Waals surface area contributed by atoms with Gasteiger partial charge < -0.3 is 15.4 Å². The van der Waals surface area contributed by atoms with Crippen LogP contribution in [0.15, 0.2) is 72.8 Å². The van der Waals surface area contributed by atoms with E-state index in [0.717, 1.165) is 22.6 Å². The number of carbonyl (C=O) groups is 2. The Morgan fingerprint density at radius 2 is 1.76 bits per heavy atom. The molecule has 0 spiro atoms. The topological polar surface area (TPSA) is 93.2 Å². The molecule has 2 amide bonds. The van der Waals surface area contributed by atoms with Crippen LogP contribution in [0.2, 0.25) is 0 Å².